The summed E-state index contributed by atoms with van der Waals surface area (Å²) < 4.78 is 29.2. The maximum Gasteiger partial charge on any atom is 0.240 e. The molecule has 35 heavy (non-hydrogen) atoms. The third-order valence-electron chi connectivity index (χ3n) is 5.29. The van der Waals surface area contributed by atoms with Crippen LogP contribution in [-0.4, -0.2) is 46.4 Å². The van der Waals surface area contributed by atoms with Crippen molar-refractivity contribution in [1.29, 1.82) is 0 Å². The molecule has 4 rings (SSSR count). The van der Waals surface area contributed by atoms with Crippen LogP contribution < -0.4 is 10.0 Å². The highest BCUT2D eigenvalue weighted by Crippen LogP contribution is 2.19. The van der Waals surface area contributed by atoms with Crippen molar-refractivity contribution in [3.8, 4) is 0 Å². The summed E-state index contributed by atoms with van der Waals surface area (Å²) in [5.74, 6) is 0.591. The van der Waals surface area contributed by atoms with Crippen molar-refractivity contribution in [2.45, 2.75) is 37.1 Å². The van der Waals surface area contributed by atoms with Gasteiger partial charge in [0.2, 0.25) is 15.9 Å². The lowest BCUT2D eigenvalue weighted by Crippen LogP contribution is -2.26. The topological polar surface area (TPSA) is 118 Å². The normalized spacial score (nSPS) is 11.6. The van der Waals surface area contributed by atoms with E-state index in [0.717, 1.165) is 22.4 Å². The lowest BCUT2D eigenvalue weighted by atomic mass is 10.1. The molecule has 2 aromatic carbocycles. The van der Waals surface area contributed by atoms with Gasteiger partial charge in [-0.15, -0.1) is 10.2 Å². The standard InChI is InChI=1S/C24H26N6O3S2/c1-16-5-8-19(9-6-16)35(32,33)25-13-12-22-28-27-21-10-11-24(29-30(21)22)34-15-23(31)26-20-14-17(2)4-7-18(20)3/h4-11,14,25H,12-13,15H2,1-3H3,(H,26,31). The summed E-state index contributed by atoms with van der Waals surface area (Å²) in [5, 5.41) is 16.3. The minimum atomic E-state index is -3.62. The van der Waals surface area contributed by atoms with Crippen LogP contribution in [0.15, 0.2) is 64.5 Å². The van der Waals surface area contributed by atoms with E-state index in [4.69, 9.17) is 0 Å². The van der Waals surface area contributed by atoms with Crippen LogP contribution >= 0.6 is 11.8 Å². The van der Waals surface area contributed by atoms with Crippen molar-refractivity contribution in [1.82, 2.24) is 24.5 Å². The van der Waals surface area contributed by atoms with Gasteiger partial charge in [-0.25, -0.2) is 13.1 Å². The highest BCUT2D eigenvalue weighted by molar-refractivity contribution is 7.99. The summed E-state index contributed by atoms with van der Waals surface area (Å²) in [6, 6.07) is 16.1. The molecule has 11 heteroatoms. The van der Waals surface area contributed by atoms with Gasteiger partial charge in [-0.05, 0) is 62.2 Å². The Hall–Kier alpha value is -3.28. The molecule has 0 atom stereocenters. The predicted octanol–water partition coefficient (Wildman–Crippen LogP) is 3.30. The number of aryl methyl sites for hydroxylation is 3. The molecule has 182 valence electrons. The second kappa shape index (κ2) is 10.5. The van der Waals surface area contributed by atoms with Crippen LogP contribution in [0.25, 0.3) is 5.65 Å². The van der Waals surface area contributed by atoms with Gasteiger partial charge >= 0.3 is 0 Å². The Morgan fingerprint density at radius 1 is 0.971 bits per heavy atom. The molecule has 0 aliphatic carbocycles. The minimum Gasteiger partial charge on any atom is -0.325 e. The van der Waals surface area contributed by atoms with E-state index >= 15 is 0 Å². The quantitative estimate of drug-likeness (QED) is 0.332. The van der Waals surface area contributed by atoms with E-state index in [2.05, 4.69) is 25.3 Å². The smallest absolute Gasteiger partial charge is 0.240 e. The summed E-state index contributed by atoms with van der Waals surface area (Å²) in [6.07, 6.45) is 0.306. The number of hydrogen-bond acceptors (Lipinski definition) is 7. The number of nitrogens with zero attached hydrogens (tertiary/aromatic N) is 4. The number of carbonyl (C=O) groups is 1. The predicted molar refractivity (Wildman–Crippen MR) is 136 cm³/mol. The molecular weight excluding hydrogens is 484 g/mol. The van der Waals surface area contributed by atoms with E-state index < -0.39 is 10.0 Å². The van der Waals surface area contributed by atoms with Crippen LogP contribution in [-0.2, 0) is 21.2 Å². The Morgan fingerprint density at radius 2 is 1.71 bits per heavy atom. The second-order valence-corrected chi connectivity index (χ2v) is 10.9. The summed E-state index contributed by atoms with van der Waals surface area (Å²) >= 11 is 1.30. The average molecular weight is 511 g/mol. The van der Waals surface area contributed by atoms with E-state index in [1.54, 1.807) is 40.9 Å². The largest absolute Gasteiger partial charge is 0.325 e. The molecule has 0 unspecified atom stereocenters. The summed E-state index contributed by atoms with van der Waals surface area (Å²) in [6.45, 7) is 5.98. The van der Waals surface area contributed by atoms with Crippen molar-refractivity contribution in [3.63, 3.8) is 0 Å². The number of thioether (sulfide) groups is 1. The number of rotatable bonds is 9. The zero-order valence-corrected chi connectivity index (χ0v) is 21.3. The highest BCUT2D eigenvalue weighted by atomic mass is 32.2. The van der Waals surface area contributed by atoms with Crippen molar-refractivity contribution in [2.75, 3.05) is 17.6 Å². The molecule has 0 bridgehead atoms. The Morgan fingerprint density at radius 3 is 2.49 bits per heavy atom. The zero-order valence-electron chi connectivity index (χ0n) is 19.6. The number of benzene rings is 2. The number of hydrogen-bond donors (Lipinski definition) is 2. The molecule has 0 saturated carbocycles. The monoisotopic (exact) mass is 510 g/mol. The van der Waals surface area contributed by atoms with Gasteiger partial charge in [0, 0.05) is 18.7 Å². The van der Waals surface area contributed by atoms with Crippen molar-refractivity contribution >= 4 is 39.0 Å². The fourth-order valence-corrected chi connectivity index (χ4v) is 5.03. The van der Waals surface area contributed by atoms with E-state index in [1.807, 2.05) is 39.0 Å². The second-order valence-electron chi connectivity index (χ2n) is 8.17. The van der Waals surface area contributed by atoms with Gasteiger partial charge in [0.05, 0.1) is 10.6 Å². The number of anilines is 1. The fraction of sp³-hybridized carbons (Fsp3) is 0.250. The Bertz CT molecular complexity index is 1470. The molecule has 0 radical (unpaired) electrons. The van der Waals surface area contributed by atoms with Gasteiger partial charge in [0.25, 0.3) is 0 Å². The number of sulfonamides is 1. The Labute approximate surface area is 208 Å². The molecule has 2 N–H and O–H groups in total. The van der Waals surface area contributed by atoms with Crippen LogP contribution in [0.2, 0.25) is 0 Å². The fourth-order valence-electron chi connectivity index (χ4n) is 3.34. The van der Waals surface area contributed by atoms with Crippen LogP contribution in [0, 0.1) is 20.8 Å². The molecule has 0 saturated heterocycles. The highest BCUT2D eigenvalue weighted by Gasteiger charge is 2.15. The maximum absolute atomic E-state index is 12.5. The van der Waals surface area contributed by atoms with Crippen LogP contribution in [0.4, 0.5) is 5.69 Å². The molecule has 1 amide bonds. The molecule has 4 aromatic rings. The van der Waals surface area contributed by atoms with Gasteiger partial charge in [-0.1, -0.05) is 41.6 Å². The van der Waals surface area contributed by atoms with Gasteiger partial charge in [-0.2, -0.15) is 9.61 Å². The van der Waals surface area contributed by atoms with E-state index in [9.17, 15) is 13.2 Å². The summed E-state index contributed by atoms with van der Waals surface area (Å²) in [4.78, 5) is 12.7. The van der Waals surface area contributed by atoms with Gasteiger partial charge in [0.1, 0.15) is 5.03 Å². The number of nitrogens with one attached hydrogen (secondary N) is 2. The first-order chi connectivity index (χ1) is 16.7. The Balaban J connectivity index is 1.37. The first-order valence-corrected chi connectivity index (χ1v) is 13.5. The molecule has 0 spiro atoms. The first-order valence-electron chi connectivity index (χ1n) is 11.0. The third kappa shape index (κ3) is 6.24. The van der Waals surface area contributed by atoms with Crippen molar-refractivity contribution in [3.05, 3.63) is 77.1 Å². The number of carbonyl (C=O) groups excluding carboxylic acids is 1. The third-order valence-corrected chi connectivity index (χ3v) is 7.69. The van der Waals surface area contributed by atoms with Crippen molar-refractivity contribution in [2.24, 2.45) is 0 Å². The molecule has 0 aliphatic heterocycles. The molecular formula is C24H26N6O3S2. The van der Waals surface area contributed by atoms with Crippen LogP contribution in [0.1, 0.15) is 22.5 Å². The molecule has 2 heterocycles. The number of amides is 1. The zero-order chi connectivity index (χ0) is 25.0. The molecule has 0 fully saturated rings. The maximum atomic E-state index is 12.5. The van der Waals surface area contributed by atoms with E-state index in [1.165, 1.54) is 11.8 Å². The van der Waals surface area contributed by atoms with Gasteiger partial charge < -0.3 is 5.32 Å². The molecule has 9 nitrogen and oxygen atoms in total. The lowest BCUT2D eigenvalue weighted by molar-refractivity contribution is -0.113. The number of fused-ring (bicyclic) bond motifs is 1. The number of aromatic nitrogens is 4. The van der Waals surface area contributed by atoms with Gasteiger partial charge in [-0.3, -0.25) is 4.79 Å². The molecule has 0 aliphatic rings. The van der Waals surface area contributed by atoms with Crippen LogP contribution in [0.5, 0.6) is 0 Å². The summed E-state index contributed by atoms with van der Waals surface area (Å²) in [7, 11) is -3.62. The van der Waals surface area contributed by atoms with Crippen molar-refractivity contribution < 1.29 is 13.2 Å². The van der Waals surface area contributed by atoms with Gasteiger partial charge in [0.15, 0.2) is 11.5 Å². The van der Waals surface area contributed by atoms with E-state index in [0.29, 0.717) is 22.9 Å². The van der Waals surface area contributed by atoms with Crippen LogP contribution in [0.3, 0.4) is 0 Å². The SMILES string of the molecule is Cc1ccc(S(=O)(=O)NCCc2nnc3ccc(SCC(=O)Nc4cc(C)ccc4C)nn23)cc1. The Kier molecular flexibility index (Phi) is 7.48. The first kappa shape index (κ1) is 24.8. The lowest BCUT2D eigenvalue weighted by Gasteiger charge is -2.09. The average Bonchev–Trinajstić information content (AvgIpc) is 3.22. The summed E-state index contributed by atoms with van der Waals surface area (Å²) in [5.41, 5.74) is 4.41. The minimum absolute atomic E-state index is 0.125. The molecule has 2 aromatic heterocycles. The van der Waals surface area contributed by atoms with E-state index in [-0.39, 0.29) is 23.1 Å².